The molecule has 0 aliphatic carbocycles. The summed E-state index contributed by atoms with van der Waals surface area (Å²) >= 11 is 0. The molecule has 0 fully saturated rings. The Morgan fingerprint density at radius 3 is 2.56 bits per heavy atom. The average molecular weight is 224 g/mol. The van der Waals surface area contributed by atoms with Gasteiger partial charge < -0.3 is 4.74 Å². The number of hydrogen-bond donors (Lipinski definition) is 0. The summed E-state index contributed by atoms with van der Waals surface area (Å²) in [7, 11) is 0. The molecule has 0 amide bonds. The van der Waals surface area contributed by atoms with Gasteiger partial charge in [0.05, 0.1) is 6.10 Å². The van der Waals surface area contributed by atoms with E-state index in [0.29, 0.717) is 5.56 Å². The van der Waals surface area contributed by atoms with Gasteiger partial charge in [-0.1, -0.05) is 43.7 Å². The third-order valence-electron chi connectivity index (χ3n) is 2.31. The molecular weight excluding hydrogens is 207 g/mol. The van der Waals surface area contributed by atoms with Crippen molar-refractivity contribution in [3.8, 4) is 0 Å². The Morgan fingerprint density at radius 1 is 1.38 bits per heavy atom. The van der Waals surface area contributed by atoms with Crippen LogP contribution >= 0.6 is 0 Å². The maximum Gasteiger partial charge on any atom is 0.263 e. The minimum absolute atomic E-state index is 0.229. The molecule has 0 saturated heterocycles. The van der Waals surface area contributed by atoms with Crippen LogP contribution in [0.25, 0.3) is 0 Å². The zero-order valence-corrected chi connectivity index (χ0v) is 9.65. The molecule has 2 atom stereocenters. The Balaban J connectivity index is 2.55. The normalized spacial score (nSPS) is 14.4. The number of alkyl halides is 1. The van der Waals surface area contributed by atoms with Gasteiger partial charge in [-0.25, -0.2) is 4.39 Å². The number of ether oxygens (including phenoxy) is 1. The van der Waals surface area contributed by atoms with E-state index < -0.39 is 12.1 Å². The number of benzene rings is 1. The first-order valence-corrected chi connectivity index (χ1v) is 5.54. The monoisotopic (exact) mass is 224 g/mol. The highest BCUT2D eigenvalue weighted by Crippen LogP contribution is 2.11. The molecule has 88 valence electrons. The topological polar surface area (TPSA) is 26.3 Å². The van der Waals surface area contributed by atoms with Crippen molar-refractivity contribution in [1.29, 1.82) is 0 Å². The second-order valence-corrected chi connectivity index (χ2v) is 3.78. The fraction of sp³-hybridized carbons (Fsp3) is 0.462. The van der Waals surface area contributed by atoms with Gasteiger partial charge in [0.2, 0.25) is 5.78 Å². The molecule has 3 heteroatoms. The second kappa shape index (κ2) is 6.38. The number of Topliss-reactive ketones (excluding diaryl/α,β-unsaturated/α-hetero) is 1. The summed E-state index contributed by atoms with van der Waals surface area (Å²) in [5.41, 5.74) is 0.346. The van der Waals surface area contributed by atoms with Crippen LogP contribution in [-0.2, 0) is 4.74 Å². The van der Waals surface area contributed by atoms with Gasteiger partial charge in [-0.2, -0.15) is 0 Å². The molecule has 2 nitrogen and oxygen atoms in total. The first-order chi connectivity index (χ1) is 7.65. The van der Waals surface area contributed by atoms with Gasteiger partial charge in [-0.05, 0) is 13.3 Å². The molecule has 0 bridgehead atoms. The fourth-order valence-corrected chi connectivity index (χ4v) is 1.47. The summed E-state index contributed by atoms with van der Waals surface area (Å²) < 4.78 is 18.5. The molecule has 1 aromatic rings. The summed E-state index contributed by atoms with van der Waals surface area (Å²) in [6.45, 7) is 3.76. The van der Waals surface area contributed by atoms with Crippen LogP contribution in [0.15, 0.2) is 30.3 Å². The fourth-order valence-electron chi connectivity index (χ4n) is 1.47. The third-order valence-corrected chi connectivity index (χ3v) is 2.31. The van der Waals surface area contributed by atoms with E-state index >= 15 is 0 Å². The molecule has 0 aromatic heterocycles. The van der Waals surface area contributed by atoms with Crippen LogP contribution in [0.3, 0.4) is 0 Å². The van der Waals surface area contributed by atoms with Gasteiger partial charge in [0.15, 0.2) is 0 Å². The van der Waals surface area contributed by atoms with Gasteiger partial charge in [0.1, 0.15) is 0 Å². The van der Waals surface area contributed by atoms with Crippen molar-refractivity contribution in [2.24, 2.45) is 0 Å². The van der Waals surface area contributed by atoms with Gasteiger partial charge in [-0.15, -0.1) is 0 Å². The molecule has 2 unspecified atom stereocenters. The van der Waals surface area contributed by atoms with Gasteiger partial charge in [-0.3, -0.25) is 4.79 Å². The molecule has 0 spiro atoms. The van der Waals surface area contributed by atoms with Crippen molar-refractivity contribution in [3.05, 3.63) is 35.9 Å². The Morgan fingerprint density at radius 2 is 2.00 bits per heavy atom. The van der Waals surface area contributed by atoms with Crippen molar-refractivity contribution in [1.82, 2.24) is 0 Å². The number of carbonyl (C=O) groups excluding carboxylic acids is 1. The lowest BCUT2D eigenvalue weighted by Crippen LogP contribution is -2.24. The van der Waals surface area contributed by atoms with Crippen molar-refractivity contribution in [3.63, 3.8) is 0 Å². The van der Waals surface area contributed by atoms with Crippen molar-refractivity contribution >= 4 is 5.78 Å². The Hall–Kier alpha value is -1.22. The van der Waals surface area contributed by atoms with Crippen LogP contribution in [0, 0.1) is 0 Å². The highest BCUT2D eigenvalue weighted by atomic mass is 19.1. The highest BCUT2D eigenvalue weighted by molar-refractivity contribution is 5.98. The van der Waals surface area contributed by atoms with Crippen LogP contribution in [0.4, 0.5) is 4.39 Å². The van der Waals surface area contributed by atoms with Crippen LogP contribution in [0.1, 0.15) is 37.0 Å². The molecule has 0 aliphatic heterocycles. The van der Waals surface area contributed by atoms with Crippen LogP contribution in [0.5, 0.6) is 0 Å². The second-order valence-electron chi connectivity index (χ2n) is 3.78. The molecule has 0 heterocycles. The molecule has 1 aromatic carbocycles. The van der Waals surface area contributed by atoms with Crippen LogP contribution < -0.4 is 0 Å². The Labute approximate surface area is 95.4 Å². The minimum Gasteiger partial charge on any atom is -0.339 e. The zero-order valence-electron chi connectivity index (χ0n) is 9.65. The maximum absolute atomic E-state index is 13.5. The molecule has 0 aliphatic rings. The van der Waals surface area contributed by atoms with Crippen molar-refractivity contribution < 1.29 is 13.9 Å². The van der Waals surface area contributed by atoms with E-state index in [4.69, 9.17) is 4.74 Å². The van der Waals surface area contributed by atoms with Crippen molar-refractivity contribution in [2.45, 2.75) is 39.2 Å². The summed E-state index contributed by atoms with van der Waals surface area (Å²) in [5, 5.41) is 0. The van der Waals surface area contributed by atoms with E-state index in [0.717, 1.165) is 12.8 Å². The predicted molar refractivity (Wildman–Crippen MR) is 61.1 cm³/mol. The van der Waals surface area contributed by atoms with Crippen LogP contribution in [0.2, 0.25) is 0 Å². The number of carbonyl (C=O) groups is 1. The average Bonchev–Trinajstić information content (AvgIpc) is 2.29. The molecule has 16 heavy (non-hydrogen) atoms. The molecule has 0 saturated carbocycles. The largest absolute Gasteiger partial charge is 0.339 e. The number of hydrogen-bond acceptors (Lipinski definition) is 2. The molecule has 0 radical (unpaired) electrons. The van der Waals surface area contributed by atoms with E-state index in [2.05, 4.69) is 0 Å². The van der Waals surface area contributed by atoms with E-state index in [9.17, 15) is 9.18 Å². The van der Waals surface area contributed by atoms with E-state index in [1.54, 1.807) is 37.3 Å². The van der Waals surface area contributed by atoms with Gasteiger partial charge in [0, 0.05) is 5.56 Å². The Bertz CT molecular complexity index is 324. The lowest BCUT2D eigenvalue weighted by Gasteiger charge is -2.14. The molecular formula is C13H17FO2. The maximum atomic E-state index is 13.5. The molecule has 1 rings (SSSR count). The standard InChI is InChI=1S/C13H17FO2/c1-3-7-10(2)16-13(14)12(15)11-8-5-4-6-9-11/h4-6,8-10,13H,3,7H2,1-2H3. The highest BCUT2D eigenvalue weighted by Gasteiger charge is 2.21. The summed E-state index contributed by atoms with van der Waals surface area (Å²) in [6, 6.07) is 8.36. The van der Waals surface area contributed by atoms with E-state index in [1.807, 2.05) is 6.92 Å². The number of rotatable bonds is 6. The van der Waals surface area contributed by atoms with Crippen LogP contribution in [-0.4, -0.2) is 18.2 Å². The first kappa shape index (κ1) is 12.8. The minimum atomic E-state index is -1.86. The third kappa shape index (κ3) is 3.74. The lowest BCUT2D eigenvalue weighted by atomic mass is 10.1. The molecule has 0 N–H and O–H groups in total. The lowest BCUT2D eigenvalue weighted by molar-refractivity contribution is -0.0592. The predicted octanol–water partition coefficient (Wildman–Crippen LogP) is 3.37. The van der Waals surface area contributed by atoms with Gasteiger partial charge >= 0.3 is 0 Å². The number of ketones is 1. The van der Waals surface area contributed by atoms with Gasteiger partial charge in [0.25, 0.3) is 6.36 Å². The summed E-state index contributed by atoms with van der Waals surface area (Å²) in [6.07, 6.45) is -0.424. The van der Waals surface area contributed by atoms with Crippen molar-refractivity contribution in [2.75, 3.05) is 0 Å². The SMILES string of the molecule is CCCC(C)OC(F)C(=O)c1ccccc1. The summed E-state index contributed by atoms with van der Waals surface area (Å²) in [4.78, 5) is 11.6. The van der Waals surface area contributed by atoms with E-state index in [-0.39, 0.29) is 6.10 Å². The Kier molecular flexibility index (Phi) is 5.12. The first-order valence-electron chi connectivity index (χ1n) is 5.54. The number of halogens is 1. The zero-order chi connectivity index (χ0) is 12.0. The quantitative estimate of drug-likeness (QED) is 0.692. The van der Waals surface area contributed by atoms with E-state index in [1.165, 1.54) is 0 Å². The summed E-state index contributed by atoms with van der Waals surface area (Å²) in [5.74, 6) is -0.608. The smallest absolute Gasteiger partial charge is 0.263 e.